The number of rotatable bonds is 2. The first-order chi connectivity index (χ1) is 15.3. The zero-order valence-corrected chi connectivity index (χ0v) is 20.6. The van der Waals surface area contributed by atoms with Crippen LogP contribution in [0.4, 0.5) is 0 Å². The van der Waals surface area contributed by atoms with Crippen molar-refractivity contribution < 1.29 is 4.57 Å². The SMILES string of the molecule is Cc1cc2c(cc1-c1c3ccc(C4CCC(C)(C)CC4)cc3cc(C)[n+]1C)C1CCC2C1. The summed E-state index contributed by atoms with van der Waals surface area (Å²) >= 11 is 0. The summed E-state index contributed by atoms with van der Waals surface area (Å²) in [4.78, 5) is 0. The molecule has 1 heterocycles. The summed E-state index contributed by atoms with van der Waals surface area (Å²) in [7, 11) is 2.25. The van der Waals surface area contributed by atoms with E-state index >= 15 is 0 Å². The van der Waals surface area contributed by atoms with Gasteiger partial charge in [-0.25, -0.2) is 0 Å². The van der Waals surface area contributed by atoms with Crippen LogP contribution in [-0.2, 0) is 7.05 Å². The first-order valence-electron chi connectivity index (χ1n) is 12.9. The van der Waals surface area contributed by atoms with Gasteiger partial charge in [-0.05, 0) is 115 Å². The predicted octanol–water partition coefficient (Wildman–Crippen LogP) is 8.00. The first kappa shape index (κ1) is 20.5. The molecule has 2 bridgehead atoms. The van der Waals surface area contributed by atoms with Crippen LogP contribution in [-0.4, -0.2) is 0 Å². The molecule has 3 aliphatic rings. The average Bonchev–Trinajstić information content (AvgIpc) is 3.36. The van der Waals surface area contributed by atoms with Crippen molar-refractivity contribution in [3.05, 3.63) is 64.3 Å². The van der Waals surface area contributed by atoms with Gasteiger partial charge in [0, 0.05) is 13.0 Å². The number of pyridine rings is 1. The minimum Gasteiger partial charge on any atom is -0.198 e. The summed E-state index contributed by atoms with van der Waals surface area (Å²) in [5.41, 5.74) is 11.0. The van der Waals surface area contributed by atoms with Crippen LogP contribution in [0.5, 0.6) is 0 Å². The highest BCUT2D eigenvalue weighted by molar-refractivity contribution is 5.94. The molecule has 2 atom stereocenters. The number of hydrogen-bond donors (Lipinski definition) is 0. The Morgan fingerprint density at radius 2 is 1.50 bits per heavy atom. The van der Waals surface area contributed by atoms with Crippen LogP contribution in [0.3, 0.4) is 0 Å². The Bertz CT molecular complexity index is 1220. The van der Waals surface area contributed by atoms with Crippen LogP contribution in [0.1, 0.15) is 104 Å². The van der Waals surface area contributed by atoms with Crippen LogP contribution in [0, 0.1) is 19.3 Å². The minimum absolute atomic E-state index is 0.523. The Morgan fingerprint density at radius 1 is 0.812 bits per heavy atom. The van der Waals surface area contributed by atoms with Crippen LogP contribution in [0.25, 0.3) is 22.0 Å². The standard InChI is InChI=1S/C31H38N/c1-19-14-28-23-6-7-24(17-23)29(28)18-27(19)30-26-9-8-22(16-25(26)15-20(2)32(30)5)21-10-12-31(3,4)13-11-21/h8-9,14-16,18,21,23-24H,6-7,10-13,17H2,1-5H3/q+1. The summed E-state index contributed by atoms with van der Waals surface area (Å²) < 4.78 is 2.42. The molecule has 166 valence electrons. The highest BCUT2D eigenvalue weighted by Crippen LogP contribution is 2.54. The molecule has 0 saturated heterocycles. The normalized spacial score (nSPS) is 24.3. The predicted molar refractivity (Wildman–Crippen MR) is 134 cm³/mol. The maximum Gasteiger partial charge on any atom is 0.220 e. The van der Waals surface area contributed by atoms with E-state index in [0.717, 1.165) is 17.8 Å². The molecule has 1 nitrogen and oxygen atoms in total. The number of aryl methyl sites for hydroxylation is 2. The van der Waals surface area contributed by atoms with E-state index in [2.05, 4.69) is 75.7 Å². The molecule has 3 aliphatic carbocycles. The van der Waals surface area contributed by atoms with Gasteiger partial charge in [-0.1, -0.05) is 32.0 Å². The number of fused-ring (bicyclic) bond motifs is 6. The molecule has 2 saturated carbocycles. The zero-order chi connectivity index (χ0) is 22.2. The summed E-state index contributed by atoms with van der Waals surface area (Å²) in [6, 6.07) is 14.9. The van der Waals surface area contributed by atoms with Crippen molar-refractivity contribution in [3.8, 4) is 11.3 Å². The van der Waals surface area contributed by atoms with Crippen molar-refractivity contribution in [2.45, 2.75) is 90.4 Å². The monoisotopic (exact) mass is 424 g/mol. The average molecular weight is 425 g/mol. The van der Waals surface area contributed by atoms with E-state index < -0.39 is 0 Å². The van der Waals surface area contributed by atoms with Gasteiger partial charge in [0.05, 0.1) is 10.9 Å². The van der Waals surface area contributed by atoms with E-state index in [0.29, 0.717) is 5.41 Å². The molecule has 0 spiro atoms. The third kappa shape index (κ3) is 3.15. The van der Waals surface area contributed by atoms with Crippen molar-refractivity contribution in [3.63, 3.8) is 0 Å². The van der Waals surface area contributed by atoms with Crippen LogP contribution in [0.2, 0.25) is 0 Å². The van der Waals surface area contributed by atoms with Gasteiger partial charge in [-0.15, -0.1) is 0 Å². The molecule has 3 aromatic rings. The van der Waals surface area contributed by atoms with Gasteiger partial charge in [-0.3, -0.25) is 0 Å². The van der Waals surface area contributed by atoms with E-state index in [1.807, 2.05) is 0 Å². The third-order valence-electron chi connectivity index (χ3n) is 9.37. The van der Waals surface area contributed by atoms with Crippen molar-refractivity contribution in [1.29, 1.82) is 0 Å². The number of nitrogens with zero attached hydrogens (tertiary/aromatic N) is 1. The lowest BCUT2D eigenvalue weighted by molar-refractivity contribution is -0.665. The van der Waals surface area contributed by atoms with Crippen molar-refractivity contribution >= 4 is 10.8 Å². The Kier molecular flexibility index (Phi) is 4.59. The van der Waals surface area contributed by atoms with E-state index in [1.165, 1.54) is 78.2 Å². The lowest BCUT2D eigenvalue weighted by atomic mass is 9.71. The highest BCUT2D eigenvalue weighted by atomic mass is 14.9. The summed E-state index contributed by atoms with van der Waals surface area (Å²) in [6.07, 6.45) is 9.54. The molecule has 2 unspecified atom stereocenters. The van der Waals surface area contributed by atoms with Gasteiger partial charge in [0.15, 0.2) is 5.69 Å². The van der Waals surface area contributed by atoms with Crippen LogP contribution in [0.15, 0.2) is 36.4 Å². The molecule has 32 heavy (non-hydrogen) atoms. The molecule has 0 radical (unpaired) electrons. The quantitative estimate of drug-likeness (QED) is 0.367. The van der Waals surface area contributed by atoms with Crippen molar-refractivity contribution in [2.24, 2.45) is 12.5 Å². The molecular weight excluding hydrogens is 386 g/mol. The van der Waals surface area contributed by atoms with Crippen LogP contribution >= 0.6 is 0 Å². The second-order valence-electron chi connectivity index (χ2n) is 12.0. The summed E-state index contributed by atoms with van der Waals surface area (Å²) in [5, 5.41) is 2.82. The minimum atomic E-state index is 0.523. The number of hydrogen-bond acceptors (Lipinski definition) is 0. The Balaban J connectivity index is 1.47. The fourth-order valence-corrected chi connectivity index (χ4v) is 7.16. The maximum absolute atomic E-state index is 2.57. The largest absolute Gasteiger partial charge is 0.220 e. The molecule has 6 rings (SSSR count). The Labute approximate surface area is 193 Å². The van der Waals surface area contributed by atoms with Crippen molar-refractivity contribution in [1.82, 2.24) is 0 Å². The number of aromatic nitrogens is 1. The van der Waals surface area contributed by atoms with Gasteiger partial charge in [0.2, 0.25) is 5.69 Å². The smallest absolute Gasteiger partial charge is 0.198 e. The third-order valence-corrected chi connectivity index (χ3v) is 9.37. The topological polar surface area (TPSA) is 3.88 Å². The summed E-state index contributed by atoms with van der Waals surface area (Å²) in [5.74, 6) is 2.36. The van der Waals surface area contributed by atoms with E-state index in [4.69, 9.17) is 0 Å². The second-order valence-corrected chi connectivity index (χ2v) is 12.0. The second kappa shape index (κ2) is 7.17. The summed E-state index contributed by atoms with van der Waals surface area (Å²) in [6.45, 7) is 9.46. The maximum atomic E-state index is 2.57. The fourth-order valence-electron chi connectivity index (χ4n) is 7.16. The molecule has 1 aromatic heterocycles. The van der Waals surface area contributed by atoms with Gasteiger partial charge in [0.25, 0.3) is 0 Å². The van der Waals surface area contributed by atoms with Gasteiger partial charge in [0.1, 0.15) is 7.05 Å². The van der Waals surface area contributed by atoms with E-state index in [-0.39, 0.29) is 0 Å². The molecule has 2 fully saturated rings. The molecule has 0 amide bonds. The lowest BCUT2D eigenvalue weighted by Crippen LogP contribution is -2.35. The van der Waals surface area contributed by atoms with Crippen LogP contribution < -0.4 is 4.57 Å². The van der Waals surface area contributed by atoms with Gasteiger partial charge in [-0.2, -0.15) is 4.57 Å². The number of benzene rings is 2. The van der Waals surface area contributed by atoms with Gasteiger partial charge >= 0.3 is 0 Å². The fraction of sp³-hybridized carbons (Fsp3) is 0.516. The zero-order valence-electron chi connectivity index (χ0n) is 20.6. The molecule has 0 aliphatic heterocycles. The highest BCUT2D eigenvalue weighted by Gasteiger charge is 2.38. The molecule has 0 N–H and O–H groups in total. The molecular formula is C31H38N+. The van der Waals surface area contributed by atoms with E-state index in [1.54, 1.807) is 16.7 Å². The molecule has 2 aromatic carbocycles. The Morgan fingerprint density at radius 3 is 2.22 bits per heavy atom. The first-order valence-corrected chi connectivity index (χ1v) is 12.9. The lowest BCUT2D eigenvalue weighted by Gasteiger charge is -2.34. The molecule has 1 heteroatoms. The van der Waals surface area contributed by atoms with E-state index in [9.17, 15) is 0 Å². The van der Waals surface area contributed by atoms with Crippen molar-refractivity contribution in [2.75, 3.05) is 0 Å². The van der Waals surface area contributed by atoms with Gasteiger partial charge < -0.3 is 0 Å². The Hall–Kier alpha value is -2.15.